The zero-order valence-corrected chi connectivity index (χ0v) is 7.46. The summed E-state index contributed by atoms with van der Waals surface area (Å²) in [5.74, 6) is 0.995. The lowest BCUT2D eigenvalue weighted by atomic mass is 10.1. The van der Waals surface area contributed by atoms with Gasteiger partial charge in [-0.2, -0.15) is 0 Å². The molecule has 1 heterocycles. The molecule has 2 aromatic rings. The largest absolute Gasteiger partial charge is 0.508 e. The average molecular weight is 187 g/mol. The number of nitrogens with zero attached hydrogens (tertiary/aromatic N) is 3. The molecule has 14 heavy (non-hydrogen) atoms. The van der Waals surface area contributed by atoms with E-state index in [1.807, 2.05) is 12.1 Å². The Bertz CT molecular complexity index is 399. The Morgan fingerprint density at radius 2 is 1.64 bits per heavy atom. The van der Waals surface area contributed by atoms with Crippen molar-refractivity contribution < 1.29 is 5.11 Å². The monoisotopic (exact) mass is 187 g/mol. The normalized spacial score (nSPS) is 10.0. The van der Waals surface area contributed by atoms with Gasteiger partial charge in [0.05, 0.1) is 0 Å². The minimum atomic E-state index is 0.268. The third-order valence-electron chi connectivity index (χ3n) is 1.85. The second kappa shape index (κ2) is 3.83. The molecule has 0 amide bonds. The smallest absolute Gasteiger partial charge is 0.136 e. The third kappa shape index (κ3) is 2.04. The van der Waals surface area contributed by atoms with Crippen LogP contribution in [0.3, 0.4) is 0 Å². The first-order valence-electron chi connectivity index (χ1n) is 4.23. The second-order valence-electron chi connectivity index (χ2n) is 2.90. The van der Waals surface area contributed by atoms with Gasteiger partial charge in [-0.1, -0.05) is 12.1 Å². The van der Waals surface area contributed by atoms with E-state index in [-0.39, 0.29) is 5.75 Å². The molecule has 0 fully saturated rings. The van der Waals surface area contributed by atoms with Crippen LogP contribution in [0.2, 0.25) is 0 Å². The Morgan fingerprint density at radius 3 is 2.29 bits per heavy atom. The van der Waals surface area contributed by atoms with E-state index in [0.717, 1.165) is 11.4 Å². The topological polar surface area (TPSA) is 58.9 Å². The first-order valence-corrected chi connectivity index (χ1v) is 4.23. The second-order valence-corrected chi connectivity index (χ2v) is 2.90. The van der Waals surface area contributed by atoms with Crippen molar-refractivity contribution in [2.45, 2.75) is 6.42 Å². The molecule has 1 aromatic carbocycles. The van der Waals surface area contributed by atoms with Crippen molar-refractivity contribution in [1.82, 2.24) is 15.0 Å². The van der Waals surface area contributed by atoms with E-state index < -0.39 is 0 Å². The molecule has 0 aliphatic heterocycles. The number of hydrogen-bond acceptors (Lipinski definition) is 4. The van der Waals surface area contributed by atoms with Gasteiger partial charge in [-0.25, -0.2) is 15.0 Å². The number of rotatable bonds is 2. The van der Waals surface area contributed by atoms with E-state index in [1.165, 1.54) is 12.7 Å². The minimum absolute atomic E-state index is 0.268. The molecule has 0 atom stereocenters. The number of hydrogen-bond donors (Lipinski definition) is 1. The Hall–Kier alpha value is -1.97. The van der Waals surface area contributed by atoms with Gasteiger partial charge in [-0.05, 0) is 17.7 Å². The molecule has 0 spiro atoms. The number of aromatic hydroxyl groups is 1. The van der Waals surface area contributed by atoms with Crippen molar-refractivity contribution in [1.29, 1.82) is 0 Å². The molecule has 4 nitrogen and oxygen atoms in total. The Labute approximate surface area is 81.3 Å². The molecule has 2 rings (SSSR count). The highest BCUT2D eigenvalue weighted by Gasteiger charge is 1.97. The van der Waals surface area contributed by atoms with Crippen LogP contribution >= 0.6 is 0 Å². The zero-order chi connectivity index (χ0) is 9.80. The summed E-state index contributed by atoms with van der Waals surface area (Å²) in [4.78, 5) is 11.8. The highest BCUT2D eigenvalue weighted by atomic mass is 16.3. The van der Waals surface area contributed by atoms with Gasteiger partial charge in [0, 0.05) is 6.42 Å². The van der Waals surface area contributed by atoms with Gasteiger partial charge in [-0.3, -0.25) is 0 Å². The summed E-state index contributed by atoms with van der Waals surface area (Å²) in [5.41, 5.74) is 1.06. The summed E-state index contributed by atoms with van der Waals surface area (Å²) >= 11 is 0. The van der Waals surface area contributed by atoms with Crippen LogP contribution in [0.1, 0.15) is 11.4 Å². The first kappa shape index (κ1) is 8.62. The quantitative estimate of drug-likeness (QED) is 0.766. The standard InChI is InChI=1S/C10H9N3O/c14-9-3-1-8(2-4-9)5-10-12-6-11-7-13-10/h1-4,6-7,14H,5H2. The number of benzene rings is 1. The first-order chi connectivity index (χ1) is 6.84. The lowest BCUT2D eigenvalue weighted by Gasteiger charge is -1.99. The number of phenols is 1. The molecule has 0 bridgehead atoms. The van der Waals surface area contributed by atoms with E-state index >= 15 is 0 Å². The van der Waals surface area contributed by atoms with E-state index in [9.17, 15) is 0 Å². The fraction of sp³-hybridized carbons (Fsp3) is 0.100. The van der Waals surface area contributed by atoms with Crippen LogP contribution in [0, 0.1) is 0 Å². The lowest BCUT2D eigenvalue weighted by molar-refractivity contribution is 0.475. The van der Waals surface area contributed by atoms with Gasteiger partial charge in [-0.15, -0.1) is 0 Å². The fourth-order valence-corrected chi connectivity index (χ4v) is 1.15. The third-order valence-corrected chi connectivity index (χ3v) is 1.85. The van der Waals surface area contributed by atoms with Crippen LogP contribution in [0.4, 0.5) is 0 Å². The van der Waals surface area contributed by atoms with Crippen molar-refractivity contribution in [3.8, 4) is 5.75 Å². The van der Waals surface area contributed by atoms with Crippen LogP contribution in [0.25, 0.3) is 0 Å². The average Bonchev–Trinajstić information content (AvgIpc) is 2.23. The van der Waals surface area contributed by atoms with Gasteiger partial charge < -0.3 is 5.11 Å². The van der Waals surface area contributed by atoms with Crippen molar-refractivity contribution in [3.05, 3.63) is 48.3 Å². The van der Waals surface area contributed by atoms with Crippen LogP contribution in [0.5, 0.6) is 5.75 Å². The maximum Gasteiger partial charge on any atom is 0.136 e. The summed E-state index contributed by atoms with van der Waals surface area (Å²) in [6, 6.07) is 6.99. The van der Waals surface area contributed by atoms with Crippen LogP contribution in [0.15, 0.2) is 36.9 Å². The summed E-state index contributed by atoms with van der Waals surface area (Å²) in [6.07, 6.45) is 3.61. The van der Waals surface area contributed by atoms with E-state index in [4.69, 9.17) is 5.11 Å². The van der Waals surface area contributed by atoms with Crippen LogP contribution in [-0.2, 0) is 6.42 Å². The van der Waals surface area contributed by atoms with Gasteiger partial charge in [0.2, 0.25) is 0 Å². The lowest BCUT2D eigenvalue weighted by Crippen LogP contribution is -1.95. The van der Waals surface area contributed by atoms with Gasteiger partial charge >= 0.3 is 0 Å². The number of aromatic nitrogens is 3. The summed E-state index contributed by atoms with van der Waals surface area (Å²) in [6.45, 7) is 0. The molecule has 0 saturated heterocycles. The minimum Gasteiger partial charge on any atom is -0.508 e. The SMILES string of the molecule is Oc1ccc(Cc2ncncn2)cc1. The maximum atomic E-state index is 9.08. The molecular weight excluding hydrogens is 178 g/mol. The summed E-state index contributed by atoms with van der Waals surface area (Å²) < 4.78 is 0. The molecule has 0 saturated carbocycles. The predicted molar refractivity (Wildman–Crippen MR) is 50.7 cm³/mol. The molecular formula is C10H9N3O. The predicted octanol–water partition coefficient (Wildman–Crippen LogP) is 1.17. The molecule has 4 heteroatoms. The van der Waals surface area contributed by atoms with E-state index in [1.54, 1.807) is 12.1 Å². The summed E-state index contributed by atoms with van der Waals surface area (Å²) in [5, 5.41) is 9.08. The molecule has 0 aliphatic carbocycles. The molecule has 0 radical (unpaired) electrons. The van der Waals surface area contributed by atoms with Crippen molar-refractivity contribution in [2.24, 2.45) is 0 Å². The van der Waals surface area contributed by atoms with Gasteiger partial charge in [0.15, 0.2) is 0 Å². The highest BCUT2D eigenvalue weighted by Crippen LogP contribution is 2.11. The van der Waals surface area contributed by atoms with E-state index in [0.29, 0.717) is 6.42 Å². The van der Waals surface area contributed by atoms with Crippen LogP contribution < -0.4 is 0 Å². The Morgan fingerprint density at radius 1 is 1.00 bits per heavy atom. The molecule has 1 N–H and O–H groups in total. The fourth-order valence-electron chi connectivity index (χ4n) is 1.15. The van der Waals surface area contributed by atoms with Crippen LogP contribution in [-0.4, -0.2) is 20.1 Å². The maximum absolute atomic E-state index is 9.08. The van der Waals surface area contributed by atoms with Crippen molar-refractivity contribution >= 4 is 0 Å². The zero-order valence-electron chi connectivity index (χ0n) is 7.46. The van der Waals surface area contributed by atoms with Crippen molar-refractivity contribution in [2.75, 3.05) is 0 Å². The van der Waals surface area contributed by atoms with Crippen molar-refractivity contribution in [3.63, 3.8) is 0 Å². The van der Waals surface area contributed by atoms with Gasteiger partial charge in [0.25, 0.3) is 0 Å². The Kier molecular flexibility index (Phi) is 2.36. The molecule has 1 aromatic heterocycles. The molecule has 70 valence electrons. The molecule has 0 unspecified atom stereocenters. The molecule has 0 aliphatic rings. The van der Waals surface area contributed by atoms with Gasteiger partial charge in [0.1, 0.15) is 24.2 Å². The highest BCUT2D eigenvalue weighted by molar-refractivity contribution is 5.27. The summed E-state index contributed by atoms with van der Waals surface area (Å²) in [7, 11) is 0. The van der Waals surface area contributed by atoms with E-state index in [2.05, 4.69) is 15.0 Å². The number of phenolic OH excluding ortho intramolecular Hbond substituents is 1. The Balaban J connectivity index is 2.16.